The van der Waals surface area contributed by atoms with Crippen LogP contribution in [0.1, 0.15) is 6.92 Å². The van der Waals surface area contributed by atoms with Gasteiger partial charge in [-0.2, -0.15) is 0 Å². The topological polar surface area (TPSA) is 66.9 Å². The molecule has 0 bridgehead atoms. The van der Waals surface area contributed by atoms with Gasteiger partial charge >= 0.3 is 0 Å². The lowest BCUT2D eigenvalue weighted by Crippen LogP contribution is -2.26. The van der Waals surface area contributed by atoms with Gasteiger partial charge in [0, 0.05) is 36.2 Å². The van der Waals surface area contributed by atoms with Crippen molar-refractivity contribution in [3.8, 4) is 0 Å². The maximum atomic E-state index is 11.8. The molecule has 0 aliphatic carbocycles. The summed E-state index contributed by atoms with van der Waals surface area (Å²) in [6, 6.07) is 3.73. The summed E-state index contributed by atoms with van der Waals surface area (Å²) < 4.78 is 0. The van der Waals surface area contributed by atoms with Gasteiger partial charge in [-0.15, -0.1) is 11.3 Å². The van der Waals surface area contributed by atoms with E-state index in [1.54, 1.807) is 18.6 Å². The van der Waals surface area contributed by atoms with Gasteiger partial charge in [-0.05, 0) is 12.1 Å². The van der Waals surface area contributed by atoms with E-state index in [1.165, 1.54) is 11.3 Å². The first-order valence-corrected chi connectivity index (χ1v) is 6.48. The highest BCUT2D eigenvalue weighted by molar-refractivity contribution is 7.13. The SMILES string of the molecule is CC(CNc1ccncc1)C(=O)Nc1nccs1. The standard InChI is InChI=1S/C12H14N4OS/c1-9(8-15-10-2-4-13-5-3-10)11(17)16-12-14-6-7-18-12/h2-7,9H,8H2,1H3,(H,13,15)(H,14,16,17). The van der Waals surface area contributed by atoms with Crippen molar-refractivity contribution in [2.45, 2.75) is 6.92 Å². The molecule has 0 saturated heterocycles. The van der Waals surface area contributed by atoms with Crippen LogP contribution >= 0.6 is 11.3 Å². The molecule has 5 nitrogen and oxygen atoms in total. The van der Waals surface area contributed by atoms with Crippen LogP contribution in [0, 0.1) is 5.92 Å². The predicted octanol–water partition coefficient (Wildman–Crippen LogP) is 2.22. The van der Waals surface area contributed by atoms with Gasteiger partial charge in [0.15, 0.2) is 5.13 Å². The van der Waals surface area contributed by atoms with Crippen molar-refractivity contribution in [1.82, 2.24) is 9.97 Å². The molecule has 0 fully saturated rings. The fourth-order valence-electron chi connectivity index (χ4n) is 1.35. The number of amides is 1. The Balaban J connectivity index is 1.81. The Kier molecular flexibility index (Phi) is 4.25. The van der Waals surface area contributed by atoms with Crippen LogP contribution in [0.4, 0.5) is 10.8 Å². The summed E-state index contributed by atoms with van der Waals surface area (Å²) in [5.74, 6) is -0.173. The summed E-state index contributed by atoms with van der Waals surface area (Å²) in [6.45, 7) is 2.44. The van der Waals surface area contributed by atoms with E-state index in [-0.39, 0.29) is 11.8 Å². The smallest absolute Gasteiger partial charge is 0.230 e. The highest BCUT2D eigenvalue weighted by Gasteiger charge is 2.13. The van der Waals surface area contributed by atoms with Gasteiger partial charge in [0.1, 0.15) is 0 Å². The zero-order valence-corrected chi connectivity index (χ0v) is 10.8. The molecule has 94 valence electrons. The summed E-state index contributed by atoms with van der Waals surface area (Å²) in [6.07, 6.45) is 5.09. The molecule has 0 saturated carbocycles. The molecule has 2 rings (SSSR count). The third-order valence-corrected chi connectivity index (χ3v) is 3.09. The molecule has 1 amide bonds. The Morgan fingerprint density at radius 1 is 1.39 bits per heavy atom. The van der Waals surface area contributed by atoms with Crippen LogP contribution in [0.15, 0.2) is 36.1 Å². The van der Waals surface area contributed by atoms with Gasteiger partial charge in [0.25, 0.3) is 0 Å². The van der Waals surface area contributed by atoms with Crippen LogP contribution < -0.4 is 10.6 Å². The first-order valence-electron chi connectivity index (χ1n) is 5.60. The molecule has 0 spiro atoms. The van der Waals surface area contributed by atoms with Gasteiger partial charge in [-0.1, -0.05) is 6.92 Å². The zero-order valence-electron chi connectivity index (χ0n) is 9.96. The average Bonchev–Trinajstić information content (AvgIpc) is 2.90. The van der Waals surface area contributed by atoms with Gasteiger partial charge in [-0.25, -0.2) is 4.98 Å². The minimum Gasteiger partial charge on any atom is -0.384 e. The molecule has 2 aromatic heterocycles. The average molecular weight is 262 g/mol. The molecule has 0 radical (unpaired) electrons. The van der Waals surface area contributed by atoms with E-state index in [9.17, 15) is 4.79 Å². The molecule has 0 aliphatic heterocycles. The minimum absolute atomic E-state index is 0.0356. The first-order chi connectivity index (χ1) is 8.75. The molecule has 2 N–H and O–H groups in total. The lowest BCUT2D eigenvalue weighted by molar-refractivity contribution is -0.119. The van der Waals surface area contributed by atoms with Crippen LogP contribution in [-0.4, -0.2) is 22.4 Å². The van der Waals surface area contributed by atoms with Crippen molar-refractivity contribution in [2.75, 3.05) is 17.2 Å². The maximum Gasteiger partial charge on any atom is 0.230 e. The van der Waals surface area contributed by atoms with Crippen LogP contribution in [0.25, 0.3) is 0 Å². The van der Waals surface area contributed by atoms with Crippen molar-refractivity contribution >= 4 is 28.1 Å². The van der Waals surface area contributed by atoms with Gasteiger partial charge in [0.05, 0.1) is 5.92 Å². The van der Waals surface area contributed by atoms with Crippen LogP contribution in [0.3, 0.4) is 0 Å². The Bertz CT molecular complexity index is 486. The van der Waals surface area contributed by atoms with Crippen molar-refractivity contribution < 1.29 is 4.79 Å². The van der Waals surface area contributed by atoms with E-state index in [2.05, 4.69) is 20.6 Å². The van der Waals surface area contributed by atoms with E-state index in [0.29, 0.717) is 11.7 Å². The largest absolute Gasteiger partial charge is 0.384 e. The number of carbonyl (C=O) groups is 1. The minimum atomic E-state index is -0.137. The van der Waals surface area contributed by atoms with Crippen LogP contribution in [-0.2, 0) is 4.79 Å². The molecule has 6 heteroatoms. The fourth-order valence-corrected chi connectivity index (χ4v) is 1.88. The van der Waals surface area contributed by atoms with Gasteiger partial charge in [0.2, 0.25) is 5.91 Å². The van der Waals surface area contributed by atoms with E-state index in [4.69, 9.17) is 0 Å². The third-order valence-electron chi connectivity index (χ3n) is 2.40. The van der Waals surface area contributed by atoms with Crippen LogP contribution in [0.5, 0.6) is 0 Å². The van der Waals surface area contributed by atoms with E-state index in [0.717, 1.165) is 5.69 Å². The molecule has 18 heavy (non-hydrogen) atoms. The summed E-state index contributed by atoms with van der Waals surface area (Å²) >= 11 is 1.41. The number of hydrogen-bond donors (Lipinski definition) is 2. The van der Waals surface area contributed by atoms with Gasteiger partial charge in [-0.3, -0.25) is 9.78 Å². The molecule has 0 aromatic carbocycles. The highest BCUT2D eigenvalue weighted by Crippen LogP contribution is 2.12. The predicted molar refractivity (Wildman–Crippen MR) is 72.6 cm³/mol. The zero-order chi connectivity index (χ0) is 12.8. The Hall–Kier alpha value is -1.95. The number of thiazole rings is 1. The highest BCUT2D eigenvalue weighted by atomic mass is 32.1. The summed E-state index contributed by atoms with van der Waals surface area (Å²) in [5, 5.41) is 8.42. The second-order valence-corrected chi connectivity index (χ2v) is 4.74. The first kappa shape index (κ1) is 12.5. The molecular formula is C12H14N4OS. The molecular weight excluding hydrogens is 248 g/mol. The third kappa shape index (κ3) is 3.53. The number of carbonyl (C=O) groups excluding carboxylic acids is 1. The summed E-state index contributed by atoms with van der Waals surface area (Å²) in [5.41, 5.74) is 0.957. The number of aromatic nitrogens is 2. The van der Waals surface area contributed by atoms with Crippen LogP contribution in [0.2, 0.25) is 0 Å². The quantitative estimate of drug-likeness (QED) is 0.867. The van der Waals surface area contributed by atoms with E-state index < -0.39 is 0 Å². The summed E-state index contributed by atoms with van der Waals surface area (Å²) in [7, 11) is 0. The second kappa shape index (κ2) is 6.11. The molecule has 2 heterocycles. The molecule has 1 atom stereocenters. The molecule has 1 unspecified atom stereocenters. The lowest BCUT2D eigenvalue weighted by Gasteiger charge is -2.12. The lowest BCUT2D eigenvalue weighted by atomic mass is 10.1. The Morgan fingerprint density at radius 3 is 2.83 bits per heavy atom. The molecule has 0 aliphatic rings. The van der Waals surface area contributed by atoms with Gasteiger partial charge < -0.3 is 10.6 Å². The second-order valence-electron chi connectivity index (χ2n) is 3.84. The number of pyridine rings is 1. The summed E-state index contributed by atoms with van der Waals surface area (Å²) in [4.78, 5) is 19.8. The monoisotopic (exact) mass is 262 g/mol. The normalized spacial score (nSPS) is 11.8. The number of hydrogen-bond acceptors (Lipinski definition) is 5. The number of nitrogens with zero attached hydrogens (tertiary/aromatic N) is 2. The Morgan fingerprint density at radius 2 is 2.17 bits per heavy atom. The molecule has 2 aromatic rings. The fraction of sp³-hybridized carbons (Fsp3) is 0.250. The number of nitrogens with one attached hydrogen (secondary N) is 2. The van der Waals surface area contributed by atoms with Crippen molar-refractivity contribution in [3.63, 3.8) is 0 Å². The van der Waals surface area contributed by atoms with Crippen molar-refractivity contribution in [3.05, 3.63) is 36.1 Å². The number of rotatable bonds is 5. The van der Waals surface area contributed by atoms with Crippen molar-refractivity contribution in [2.24, 2.45) is 5.92 Å². The van der Waals surface area contributed by atoms with E-state index >= 15 is 0 Å². The maximum absolute atomic E-state index is 11.8. The van der Waals surface area contributed by atoms with Crippen molar-refractivity contribution in [1.29, 1.82) is 0 Å². The van der Waals surface area contributed by atoms with E-state index in [1.807, 2.05) is 24.4 Å². The number of anilines is 2. The Labute approximate surface area is 109 Å².